The summed E-state index contributed by atoms with van der Waals surface area (Å²) in [5.74, 6) is 0.364. The highest BCUT2D eigenvalue weighted by Gasteiger charge is 1.88. The minimum atomic E-state index is 0.364. The average molecular weight is 193 g/mol. The highest BCUT2D eigenvalue weighted by Crippen LogP contribution is 2.04. The zero-order chi connectivity index (χ0) is 10.6. The summed E-state index contributed by atoms with van der Waals surface area (Å²) in [5, 5.41) is 0. The van der Waals surface area contributed by atoms with E-state index in [2.05, 4.69) is 45.1 Å². The van der Waals surface area contributed by atoms with Crippen molar-refractivity contribution >= 4 is 0 Å². The van der Waals surface area contributed by atoms with Crippen LogP contribution in [0.25, 0.3) is 0 Å². The number of rotatable bonds is 8. The van der Waals surface area contributed by atoms with Crippen molar-refractivity contribution in [3.8, 4) is 0 Å². The van der Waals surface area contributed by atoms with E-state index < -0.39 is 0 Å². The van der Waals surface area contributed by atoms with Gasteiger partial charge in [0, 0.05) is 0 Å². The van der Waals surface area contributed by atoms with Crippen LogP contribution in [0.4, 0.5) is 0 Å². The van der Waals surface area contributed by atoms with Gasteiger partial charge in [-0.1, -0.05) is 57.4 Å². The van der Waals surface area contributed by atoms with Gasteiger partial charge in [-0.3, -0.25) is 0 Å². The Morgan fingerprint density at radius 3 is 2.14 bits per heavy atom. The summed E-state index contributed by atoms with van der Waals surface area (Å²) in [5.41, 5.74) is 0. The molecular formula is C14H25. The fourth-order valence-corrected chi connectivity index (χ4v) is 1.29. The molecule has 0 heterocycles. The van der Waals surface area contributed by atoms with Gasteiger partial charge in [0.15, 0.2) is 0 Å². The van der Waals surface area contributed by atoms with Gasteiger partial charge in [0.1, 0.15) is 0 Å². The fraction of sp³-hybridized carbons (Fsp3) is 0.643. The quantitative estimate of drug-likeness (QED) is 0.379. The first-order chi connectivity index (χ1) is 6.81. The largest absolute Gasteiger partial charge is 0.0880 e. The number of hydrogen-bond acceptors (Lipinski definition) is 0. The van der Waals surface area contributed by atoms with Gasteiger partial charge in [0.2, 0.25) is 0 Å². The Morgan fingerprint density at radius 1 is 0.929 bits per heavy atom. The molecule has 0 aromatic rings. The van der Waals surface area contributed by atoms with Crippen molar-refractivity contribution < 1.29 is 0 Å². The van der Waals surface area contributed by atoms with E-state index >= 15 is 0 Å². The standard InChI is InChI=1S/C14H25/c1-4-6-8-9-11-13-14(3)12-10-7-5-2/h10-14H,3-9H2,1-2H3. The first-order valence-electron chi connectivity index (χ1n) is 5.97. The number of allylic oxidation sites excluding steroid dienone is 4. The van der Waals surface area contributed by atoms with E-state index in [0.717, 1.165) is 0 Å². The molecule has 0 aromatic carbocycles. The highest BCUT2D eigenvalue weighted by molar-refractivity contribution is 5.01. The Balaban J connectivity index is 3.44. The van der Waals surface area contributed by atoms with Gasteiger partial charge >= 0.3 is 0 Å². The minimum absolute atomic E-state index is 0.364. The summed E-state index contributed by atoms with van der Waals surface area (Å²) in [6, 6.07) is 0. The van der Waals surface area contributed by atoms with E-state index in [1.54, 1.807) is 0 Å². The summed E-state index contributed by atoms with van der Waals surface area (Å²) in [6.07, 6.45) is 16.5. The van der Waals surface area contributed by atoms with Crippen LogP contribution in [-0.4, -0.2) is 0 Å². The lowest BCUT2D eigenvalue weighted by Crippen LogP contribution is -1.82. The molecule has 0 N–H and O–H groups in total. The van der Waals surface area contributed by atoms with Crippen LogP contribution in [0.1, 0.15) is 52.4 Å². The van der Waals surface area contributed by atoms with Crippen LogP contribution in [0.2, 0.25) is 0 Å². The van der Waals surface area contributed by atoms with Crippen LogP contribution in [-0.2, 0) is 0 Å². The van der Waals surface area contributed by atoms with Crippen molar-refractivity contribution in [2.45, 2.75) is 52.4 Å². The molecule has 0 nitrogen and oxygen atoms in total. The van der Waals surface area contributed by atoms with Crippen molar-refractivity contribution in [3.05, 3.63) is 31.2 Å². The SMILES string of the molecule is [CH2]C(C=CCCC)C=CCCCCC. The van der Waals surface area contributed by atoms with Crippen LogP contribution in [0, 0.1) is 12.8 Å². The van der Waals surface area contributed by atoms with Crippen molar-refractivity contribution in [1.82, 2.24) is 0 Å². The van der Waals surface area contributed by atoms with Crippen LogP contribution in [0.5, 0.6) is 0 Å². The van der Waals surface area contributed by atoms with Crippen LogP contribution in [0.3, 0.4) is 0 Å². The van der Waals surface area contributed by atoms with E-state index in [9.17, 15) is 0 Å². The van der Waals surface area contributed by atoms with Crippen molar-refractivity contribution in [3.63, 3.8) is 0 Å². The molecule has 81 valence electrons. The smallest absolute Gasteiger partial charge is 0.00532 e. The first-order valence-corrected chi connectivity index (χ1v) is 5.97. The Labute approximate surface area is 90.1 Å². The molecule has 0 aliphatic carbocycles. The molecule has 1 unspecified atom stereocenters. The lowest BCUT2D eigenvalue weighted by Gasteiger charge is -1.97. The molecule has 0 aliphatic heterocycles. The van der Waals surface area contributed by atoms with E-state index in [4.69, 9.17) is 0 Å². The van der Waals surface area contributed by atoms with Crippen LogP contribution >= 0.6 is 0 Å². The predicted molar refractivity (Wildman–Crippen MR) is 66.2 cm³/mol. The highest BCUT2D eigenvalue weighted by atomic mass is 13.9. The normalized spacial score (nSPS) is 14.2. The van der Waals surface area contributed by atoms with Gasteiger partial charge < -0.3 is 0 Å². The summed E-state index contributed by atoms with van der Waals surface area (Å²) in [7, 11) is 0. The maximum atomic E-state index is 4.05. The zero-order valence-electron chi connectivity index (χ0n) is 9.84. The van der Waals surface area contributed by atoms with Crippen molar-refractivity contribution in [2.75, 3.05) is 0 Å². The third kappa shape index (κ3) is 9.57. The van der Waals surface area contributed by atoms with Crippen molar-refractivity contribution in [2.24, 2.45) is 5.92 Å². The Bertz CT molecular complexity index is 153. The molecule has 0 aliphatic rings. The zero-order valence-corrected chi connectivity index (χ0v) is 9.84. The Hall–Kier alpha value is -0.520. The van der Waals surface area contributed by atoms with Crippen LogP contribution in [0.15, 0.2) is 24.3 Å². The summed E-state index contributed by atoms with van der Waals surface area (Å²) in [4.78, 5) is 0. The molecule has 0 aromatic heterocycles. The molecule has 0 fully saturated rings. The third-order valence-corrected chi connectivity index (χ3v) is 2.20. The maximum absolute atomic E-state index is 4.05. The molecule has 1 atom stereocenters. The molecule has 14 heavy (non-hydrogen) atoms. The second kappa shape index (κ2) is 10.6. The van der Waals surface area contributed by atoms with Gasteiger partial charge in [-0.05, 0) is 32.1 Å². The van der Waals surface area contributed by atoms with Gasteiger partial charge in [-0.25, -0.2) is 0 Å². The van der Waals surface area contributed by atoms with Crippen LogP contribution < -0.4 is 0 Å². The molecular weight excluding hydrogens is 168 g/mol. The van der Waals surface area contributed by atoms with E-state index in [-0.39, 0.29) is 0 Å². The molecule has 0 heteroatoms. The molecule has 0 amide bonds. The van der Waals surface area contributed by atoms with E-state index in [1.807, 2.05) is 0 Å². The van der Waals surface area contributed by atoms with Gasteiger partial charge in [-0.2, -0.15) is 0 Å². The molecule has 1 radical (unpaired) electrons. The minimum Gasteiger partial charge on any atom is -0.0880 e. The average Bonchev–Trinajstić information content (AvgIpc) is 2.18. The molecule has 0 saturated heterocycles. The molecule has 0 bridgehead atoms. The number of unbranched alkanes of at least 4 members (excludes halogenated alkanes) is 4. The summed E-state index contributed by atoms with van der Waals surface area (Å²) in [6.45, 7) is 8.49. The van der Waals surface area contributed by atoms with Gasteiger partial charge in [0.05, 0.1) is 0 Å². The van der Waals surface area contributed by atoms with Gasteiger partial charge in [-0.15, -0.1) is 0 Å². The first kappa shape index (κ1) is 13.5. The molecule has 0 saturated carbocycles. The second-order valence-corrected chi connectivity index (χ2v) is 3.80. The topological polar surface area (TPSA) is 0 Å². The summed E-state index contributed by atoms with van der Waals surface area (Å²) < 4.78 is 0. The fourth-order valence-electron chi connectivity index (χ4n) is 1.29. The Kier molecular flexibility index (Phi) is 10.2. The lowest BCUT2D eigenvalue weighted by molar-refractivity contribution is 0.727. The van der Waals surface area contributed by atoms with Gasteiger partial charge in [0.25, 0.3) is 0 Å². The van der Waals surface area contributed by atoms with E-state index in [0.29, 0.717) is 5.92 Å². The monoisotopic (exact) mass is 193 g/mol. The maximum Gasteiger partial charge on any atom is -0.00532 e. The summed E-state index contributed by atoms with van der Waals surface area (Å²) >= 11 is 0. The number of hydrogen-bond donors (Lipinski definition) is 0. The predicted octanol–water partition coefficient (Wildman–Crippen LogP) is 4.93. The molecule has 0 rings (SSSR count). The second-order valence-electron chi connectivity index (χ2n) is 3.80. The Morgan fingerprint density at radius 2 is 1.57 bits per heavy atom. The van der Waals surface area contributed by atoms with Crippen molar-refractivity contribution in [1.29, 1.82) is 0 Å². The molecule has 0 spiro atoms. The lowest BCUT2D eigenvalue weighted by atomic mass is 10.1. The van der Waals surface area contributed by atoms with E-state index in [1.165, 1.54) is 38.5 Å². The third-order valence-electron chi connectivity index (χ3n) is 2.20.